The largest absolute Gasteiger partial charge is 0.517 e. The number of para-hydroxylation sites is 1. The first-order valence-corrected chi connectivity index (χ1v) is 19.2. The molecule has 0 saturated carbocycles. The SMILES string of the molecule is CC(C)Oc1ccc([N+](=O)[O-])cc1[CH]=[Ru]([Cl])[Cl].Cc1cccc(C(C)C)c1N1[CH-][C@@](C)(c2ccccc2)CC1(C)C. The van der Waals surface area contributed by atoms with E-state index in [1.54, 1.807) is 10.7 Å². The molecule has 1 fully saturated rings. The Hall–Kier alpha value is -2.27. The van der Waals surface area contributed by atoms with E-state index in [9.17, 15) is 10.1 Å². The summed E-state index contributed by atoms with van der Waals surface area (Å²) < 4.78 is 7.17. The third-order valence-electron chi connectivity index (χ3n) is 7.19. The van der Waals surface area contributed by atoms with Gasteiger partial charge < -0.3 is 4.90 Å². The Morgan fingerprint density at radius 1 is 1.02 bits per heavy atom. The Balaban J connectivity index is 0.000000241. The molecule has 0 aliphatic carbocycles. The van der Waals surface area contributed by atoms with E-state index in [0.717, 1.165) is 6.42 Å². The molecule has 8 heteroatoms. The Labute approximate surface area is 258 Å². The van der Waals surface area contributed by atoms with Gasteiger partial charge in [-0.1, -0.05) is 74.9 Å². The van der Waals surface area contributed by atoms with E-state index < -0.39 is 18.4 Å². The number of non-ortho nitro benzene ring substituents is 1. The summed E-state index contributed by atoms with van der Waals surface area (Å²) in [5.74, 6) is 1.08. The first-order chi connectivity index (χ1) is 19.1. The number of nitro benzene ring substituents is 1. The summed E-state index contributed by atoms with van der Waals surface area (Å²) >= 11 is -2.05. The van der Waals surface area contributed by atoms with Crippen molar-refractivity contribution >= 4 is 35.4 Å². The summed E-state index contributed by atoms with van der Waals surface area (Å²) in [4.78, 5) is 12.8. The van der Waals surface area contributed by atoms with Gasteiger partial charge in [-0.05, 0) is 44.2 Å². The molecule has 0 spiro atoms. The molecule has 0 unspecified atom stereocenters. The minimum absolute atomic E-state index is 0.00360. The monoisotopic (exact) mass is 685 g/mol. The first kappa shape index (κ1) is 33.2. The molecule has 3 aromatic carbocycles. The topological polar surface area (TPSA) is 55.6 Å². The van der Waals surface area contributed by atoms with Gasteiger partial charge in [0.25, 0.3) is 0 Å². The predicted octanol–water partition coefficient (Wildman–Crippen LogP) is 9.68. The van der Waals surface area contributed by atoms with E-state index in [2.05, 4.69) is 102 Å². The predicted molar refractivity (Wildman–Crippen MR) is 170 cm³/mol. The molecule has 224 valence electrons. The van der Waals surface area contributed by atoms with Crippen LogP contribution in [0.3, 0.4) is 0 Å². The fourth-order valence-corrected chi connectivity index (χ4v) is 7.29. The molecule has 1 atom stereocenters. The summed E-state index contributed by atoms with van der Waals surface area (Å²) in [6.45, 7) is 20.2. The van der Waals surface area contributed by atoms with Gasteiger partial charge in [-0.25, -0.2) is 6.54 Å². The van der Waals surface area contributed by atoms with Gasteiger partial charge in [0.05, 0.1) is 0 Å². The first-order valence-electron chi connectivity index (χ1n) is 13.7. The second kappa shape index (κ2) is 13.8. The molecule has 0 amide bonds. The maximum Gasteiger partial charge on any atom is 0.0140 e. The molecule has 0 radical (unpaired) electrons. The molecule has 0 bridgehead atoms. The molecule has 0 N–H and O–H groups in total. The number of benzene rings is 3. The van der Waals surface area contributed by atoms with Crippen molar-refractivity contribution in [2.45, 2.75) is 84.8 Å². The van der Waals surface area contributed by atoms with Crippen LogP contribution < -0.4 is 9.64 Å². The third kappa shape index (κ3) is 8.40. The summed E-state index contributed by atoms with van der Waals surface area (Å²) in [5.41, 5.74) is 6.35. The van der Waals surface area contributed by atoms with Crippen LogP contribution in [0, 0.1) is 23.6 Å². The van der Waals surface area contributed by atoms with Crippen LogP contribution >= 0.6 is 19.4 Å². The number of rotatable bonds is 7. The van der Waals surface area contributed by atoms with Crippen molar-refractivity contribution < 1.29 is 23.2 Å². The minimum atomic E-state index is -2.05. The van der Waals surface area contributed by atoms with E-state index >= 15 is 0 Å². The van der Waals surface area contributed by atoms with Crippen molar-refractivity contribution in [2.24, 2.45) is 0 Å². The molecule has 1 heterocycles. The molecule has 1 aliphatic heterocycles. The van der Waals surface area contributed by atoms with Gasteiger partial charge in [0.2, 0.25) is 0 Å². The Bertz CT molecular complexity index is 1390. The average Bonchev–Trinajstić information content (AvgIpc) is 3.14. The molecule has 1 saturated heterocycles. The zero-order chi connectivity index (χ0) is 30.5. The number of anilines is 1. The van der Waals surface area contributed by atoms with Crippen LogP contribution in [0.2, 0.25) is 0 Å². The van der Waals surface area contributed by atoms with Crippen molar-refractivity contribution in [1.82, 2.24) is 0 Å². The number of hydrogen-bond donors (Lipinski definition) is 0. The van der Waals surface area contributed by atoms with Crippen LogP contribution in [0.5, 0.6) is 5.75 Å². The van der Waals surface area contributed by atoms with Crippen LogP contribution in [-0.4, -0.2) is 21.2 Å². The van der Waals surface area contributed by atoms with Crippen LogP contribution in [0.15, 0.2) is 66.7 Å². The molecule has 1 aliphatic rings. The van der Waals surface area contributed by atoms with Gasteiger partial charge in [0, 0.05) is 11.2 Å². The summed E-state index contributed by atoms with van der Waals surface area (Å²) in [6, 6.07) is 22.0. The second-order valence-corrected chi connectivity index (χ2v) is 17.6. The number of nitrogens with zero attached hydrogens (tertiary/aromatic N) is 2. The van der Waals surface area contributed by atoms with Crippen LogP contribution in [0.1, 0.15) is 83.1 Å². The zero-order valence-electron chi connectivity index (χ0n) is 25.1. The van der Waals surface area contributed by atoms with Crippen LogP contribution in [0.4, 0.5) is 11.4 Å². The minimum Gasteiger partial charge on any atom is -0.517 e. The van der Waals surface area contributed by atoms with Crippen molar-refractivity contribution in [2.75, 3.05) is 4.90 Å². The van der Waals surface area contributed by atoms with Crippen molar-refractivity contribution in [1.29, 1.82) is 0 Å². The molecular weight excluding hydrogens is 644 g/mol. The van der Waals surface area contributed by atoms with Gasteiger partial charge in [0.15, 0.2) is 0 Å². The second-order valence-electron chi connectivity index (χ2n) is 11.9. The number of halogens is 2. The molecule has 4 rings (SSSR count). The fourth-order valence-electron chi connectivity index (χ4n) is 5.50. The quantitative estimate of drug-likeness (QED) is 0.108. The van der Waals surface area contributed by atoms with Crippen molar-refractivity contribution in [3.05, 3.63) is 106 Å². The zero-order valence-corrected chi connectivity index (χ0v) is 28.3. The van der Waals surface area contributed by atoms with E-state index in [1.807, 2.05) is 13.8 Å². The van der Waals surface area contributed by atoms with E-state index in [4.69, 9.17) is 24.1 Å². The fraction of sp³-hybridized carbons (Fsp3) is 0.394. The molecule has 3 aromatic rings. The summed E-state index contributed by atoms with van der Waals surface area (Å²) in [5, 5.41) is 10.7. The standard InChI is InChI=1S/C23H30N.C10H11NO3.2ClH.Ru/c1-17(2)20-14-10-11-18(3)21(20)24-16-23(6,15-22(24,4)5)19-12-8-7-9-13-19;1-7(2)14-10-5-4-9(11(12)13)6-8(10)3;;;/h7-14,16-17H,15H2,1-6H3;3-7H,1-2H3;2*1H;/q-1;;;;+2/p-2/t23-;;;;/m0..../s1. The van der Waals surface area contributed by atoms with Gasteiger partial charge >= 0.3 is 112 Å². The molecular formula is C33H41Cl2N2O3Ru-. The van der Waals surface area contributed by atoms with E-state index in [0.29, 0.717) is 17.2 Å². The Morgan fingerprint density at radius 3 is 2.24 bits per heavy atom. The van der Waals surface area contributed by atoms with E-state index in [1.165, 1.54) is 34.5 Å². The average molecular weight is 686 g/mol. The number of aryl methyl sites for hydroxylation is 1. The summed E-state index contributed by atoms with van der Waals surface area (Å²) in [7, 11) is 11.6. The number of hydrogen-bond acceptors (Lipinski definition) is 4. The Kier molecular flexibility index (Phi) is 11.2. The van der Waals surface area contributed by atoms with Crippen molar-refractivity contribution in [3.8, 4) is 5.75 Å². The van der Waals surface area contributed by atoms with Gasteiger partial charge in [0.1, 0.15) is 0 Å². The molecule has 41 heavy (non-hydrogen) atoms. The van der Waals surface area contributed by atoms with Gasteiger partial charge in [-0.3, -0.25) is 0 Å². The normalized spacial score (nSPS) is 18.1. The van der Waals surface area contributed by atoms with Crippen molar-refractivity contribution in [3.63, 3.8) is 0 Å². The maximum absolute atomic E-state index is 10.7. The Morgan fingerprint density at radius 2 is 1.68 bits per heavy atom. The molecule has 5 nitrogen and oxygen atoms in total. The van der Waals surface area contributed by atoms with Crippen LogP contribution in [-0.2, 0) is 18.9 Å². The van der Waals surface area contributed by atoms with Gasteiger partial charge in [-0.2, -0.15) is 0 Å². The third-order valence-corrected chi connectivity index (χ3v) is 9.02. The number of ether oxygens (including phenoxy) is 1. The van der Waals surface area contributed by atoms with Crippen LogP contribution in [0.25, 0.3) is 0 Å². The van der Waals surface area contributed by atoms with E-state index in [-0.39, 0.29) is 22.7 Å². The maximum atomic E-state index is 10.7. The molecule has 0 aromatic heterocycles. The van der Waals surface area contributed by atoms with Gasteiger partial charge in [-0.15, -0.1) is 5.41 Å². The number of nitro groups is 1. The smallest absolute Gasteiger partial charge is 0.0140 e. The summed E-state index contributed by atoms with van der Waals surface area (Å²) in [6.07, 6.45) is 1.10.